The molecule has 2 aromatic heterocycles. The highest BCUT2D eigenvalue weighted by molar-refractivity contribution is 6.03. The number of aromatic nitrogens is 1. The third-order valence-electron chi connectivity index (χ3n) is 3.53. The molecule has 2 N–H and O–H groups in total. The molecule has 0 bridgehead atoms. The Hall–Kier alpha value is -3.41. The van der Waals surface area contributed by atoms with E-state index in [-0.39, 0.29) is 29.7 Å². The summed E-state index contributed by atoms with van der Waals surface area (Å²) in [5.41, 5.74) is 2.12. The molecule has 0 radical (unpaired) electrons. The fourth-order valence-corrected chi connectivity index (χ4v) is 2.19. The molecule has 2 heterocycles. The van der Waals surface area contributed by atoms with Gasteiger partial charge in [0.2, 0.25) is 0 Å². The molecule has 0 atom stereocenters. The summed E-state index contributed by atoms with van der Waals surface area (Å²) in [6, 6.07) is 15.7. The molecule has 0 fully saturated rings. The fourth-order valence-electron chi connectivity index (χ4n) is 2.19. The van der Waals surface area contributed by atoms with Gasteiger partial charge in [-0.25, -0.2) is 4.98 Å². The molecule has 0 spiro atoms. The predicted molar refractivity (Wildman–Crippen MR) is 93.2 cm³/mol. The maximum absolute atomic E-state index is 12.3. The van der Waals surface area contributed by atoms with Gasteiger partial charge >= 0.3 is 0 Å². The Kier molecular flexibility index (Phi) is 4.89. The highest BCUT2D eigenvalue weighted by atomic mass is 16.3. The lowest BCUT2D eigenvalue weighted by atomic mass is 10.2. The van der Waals surface area contributed by atoms with Crippen LogP contribution in [0.1, 0.15) is 32.3 Å². The highest BCUT2D eigenvalue weighted by Crippen LogP contribution is 2.10. The molecule has 0 aliphatic rings. The molecule has 0 unspecified atom stereocenters. The minimum atomic E-state index is -0.374. The molecular weight excluding hydrogens is 318 g/mol. The van der Waals surface area contributed by atoms with Crippen LogP contribution >= 0.6 is 0 Å². The molecule has 0 saturated carbocycles. The number of hydrogen-bond acceptors (Lipinski definition) is 4. The number of nitrogens with zero attached hydrogens (tertiary/aromatic N) is 1. The van der Waals surface area contributed by atoms with Gasteiger partial charge in [0.15, 0.2) is 0 Å². The number of hydrogen-bond donors (Lipinski definition) is 2. The normalized spacial score (nSPS) is 10.3. The Labute approximate surface area is 144 Å². The molecule has 25 heavy (non-hydrogen) atoms. The number of amides is 2. The van der Waals surface area contributed by atoms with Gasteiger partial charge in [-0.3, -0.25) is 9.59 Å². The third kappa shape index (κ3) is 4.32. The van der Waals surface area contributed by atoms with E-state index in [1.54, 1.807) is 30.3 Å². The summed E-state index contributed by atoms with van der Waals surface area (Å²) in [5.74, 6) is -0.104. The van der Waals surface area contributed by atoms with Crippen LogP contribution in [0.25, 0.3) is 0 Å². The van der Waals surface area contributed by atoms with Crippen LogP contribution in [0.15, 0.2) is 65.3 Å². The van der Waals surface area contributed by atoms with Crippen molar-refractivity contribution in [3.63, 3.8) is 0 Å². The summed E-state index contributed by atoms with van der Waals surface area (Å²) in [6.07, 6.45) is 1.54. The molecule has 0 saturated heterocycles. The third-order valence-corrected chi connectivity index (χ3v) is 3.53. The molecule has 0 aliphatic heterocycles. The topological polar surface area (TPSA) is 84.2 Å². The molecule has 1 aromatic carbocycles. The van der Waals surface area contributed by atoms with Gasteiger partial charge in [-0.2, -0.15) is 0 Å². The Morgan fingerprint density at radius 3 is 2.36 bits per heavy atom. The first-order valence-corrected chi connectivity index (χ1v) is 7.77. The number of aryl methyl sites for hydroxylation is 1. The van der Waals surface area contributed by atoms with Gasteiger partial charge in [0.05, 0.1) is 12.8 Å². The first kappa shape index (κ1) is 16.4. The van der Waals surface area contributed by atoms with Crippen LogP contribution in [0.2, 0.25) is 0 Å². The van der Waals surface area contributed by atoms with Gasteiger partial charge in [-0.1, -0.05) is 23.8 Å². The van der Waals surface area contributed by atoms with Crippen molar-refractivity contribution in [2.45, 2.75) is 13.5 Å². The van der Waals surface area contributed by atoms with Crippen molar-refractivity contribution in [1.82, 2.24) is 10.3 Å². The number of carbonyl (C=O) groups is 2. The molecule has 6 nitrogen and oxygen atoms in total. The summed E-state index contributed by atoms with van der Waals surface area (Å²) in [6.45, 7) is 2.23. The molecule has 3 aromatic rings. The van der Waals surface area contributed by atoms with Crippen LogP contribution in [0.3, 0.4) is 0 Å². The van der Waals surface area contributed by atoms with Crippen LogP contribution < -0.4 is 10.6 Å². The summed E-state index contributed by atoms with van der Waals surface area (Å²) in [7, 11) is 0. The summed E-state index contributed by atoms with van der Waals surface area (Å²) >= 11 is 0. The predicted octanol–water partition coefficient (Wildman–Crippen LogP) is 3.17. The van der Waals surface area contributed by atoms with Gasteiger partial charge in [-0.15, -0.1) is 0 Å². The first-order chi connectivity index (χ1) is 12.1. The smallest absolute Gasteiger partial charge is 0.274 e. The average molecular weight is 335 g/mol. The summed E-state index contributed by atoms with van der Waals surface area (Å²) in [4.78, 5) is 28.6. The van der Waals surface area contributed by atoms with Crippen molar-refractivity contribution in [3.05, 3.63) is 83.6 Å². The average Bonchev–Trinajstić information content (AvgIpc) is 3.15. The zero-order valence-corrected chi connectivity index (χ0v) is 13.7. The largest absolute Gasteiger partial charge is 0.467 e. The number of nitrogens with one attached hydrogen (secondary N) is 2. The second kappa shape index (κ2) is 7.44. The van der Waals surface area contributed by atoms with Crippen molar-refractivity contribution < 1.29 is 14.0 Å². The van der Waals surface area contributed by atoms with E-state index in [0.717, 1.165) is 5.56 Å². The van der Waals surface area contributed by atoms with E-state index < -0.39 is 0 Å². The molecule has 2 amide bonds. The lowest BCUT2D eigenvalue weighted by Crippen LogP contribution is -2.24. The van der Waals surface area contributed by atoms with Gasteiger partial charge in [0, 0.05) is 5.69 Å². The van der Waals surface area contributed by atoms with Crippen LogP contribution in [0.5, 0.6) is 0 Å². The molecule has 6 heteroatoms. The lowest BCUT2D eigenvalue weighted by molar-refractivity contribution is 0.0943. The molecular formula is C19H17N3O3. The van der Waals surface area contributed by atoms with Crippen molar-refractivity contribution in [1.29, 1.82) is 0 Å². The Balaban J connectivity index is 1.66. The first-order valence-electron chi connectivity index (χ1n) is 7.77. The highest BCUT2D eigenvalue weighted by Gasteiger charge is 2.13. The molecule has 0 aliphatic carbocycles. The van der Waals surface area contributed by atoms with E-state index in [0.29, 0.717) is 11.4 Å². The number of carbonyl (C=O) groups excluding carboxylic acids is 2. The molecule has 126 valence electrons. The van der Waals surface area contributed by atoms with Crippen molar-refractivity contribution in [2.24, 2.45) is 0 Å². The second-order valence-electron chi connectivity index (χ2n) is 5.49. The maximum atomic E-state index is 12.3. The number of pyridine rings is 1. The Morgan fingerprint density at radius 1 is 0.960 bits per heavy atom. The zero-order valence-electron chi connectivity index (χ0n) is 13.7. The van der Waals surface area contributed by atoms with Crippen LogP contribution in [0.4, 0.5) is 5.69 Å². The number of rotatable bonds is 5. The van der Waals surface area contributed by atoms with Gasteiger partial charge in [-0.05, 0) is 43.3 Å². The Morgan fingerprint density at radius 2 is 1.68 bits per heavy atom. The summed E-state index contributed by atoms with van der Waals surface area (Å²) in [5, 5.41) is 5.45. The maximum Gasteiger partial charge on any atom is 0.274 e. The number of anilines is 1. The fraction of sp³-hybridized carbons (Fsp3) is 0.105. The number of furan rings is 1. The summed E-state index contributed by atoms with van der Waals surface area (Å²) < 4.78 is 5.16. The Bertz CT molecular complexity index is 871. The van der Waals surface area contributed by atoms with Crippen molar-refractivity contribution in [3.8, 4) is 0 Å². The standard InChI is InChI=1S/C19H17N3O3/c1-13-7-9-14(10-8-13)21-19(24)17-6-2-5-16(22-17)18(23)20-12-15-4-3-11-25-15/h2-11H,12H2,1H3,(H,20,23)(H,21,24). The van der Waals surface area contributed by atoms with Gasteiger partial charge in [0.25, 0.3) is 11.8 Å². The van der Waals surface area contributed by atoms with E-state index in [1.807, 2.05) is 31.2 Å². The minimum Gasteiger partial charge on any atom is -0.467 e. The van der Waals surface area contributed by atoms with E-state index in [2.05, 4.69) is 15.6 Å². The van der Waals surface area contributed by atoms with Crippen LogP contribution in [-0.4, -0.2) is 16.8 Å². The van der Waals surface area contributed by atoms with E-state index in [9.17, 15) is 9.59 Å². The number of benzene rings is 1. The van der Waals surface area contributed by atoms with Crippen LogP contribution in [-0.2, 0) is 6.54 Å². The monoisotopic (exact) mass is 335 g/mol. The van der Waals surface area contributed by atoms with E-state index in [4.69, 9.17) is 4.42 Å². The van der Waals surface area contributed by atoms with Gasteiger partial charge in [0.1, 0.15) is 17.1 Å². The quantitative estimate of drug-likeness (QED) is 0.750. The second-order valence-corrected chi connectivity index (χ2v) is 5.49. The lowest BCUT2D eigenvalue weighted by Gasteiger charge is -2.07. The van der Waals surface area contributed by atoms with Crippen LogP contribution in [0, 0.1) is 6.92 Å². The van der Waals surface area contributed by atoms with Gasteiger partial charge < -0.3 is 15.1 Å². The SMILES string of the molecule is Cc1ccc(NC(=O)c2cccc(C(=O)NCc3ccco3)n2)cc1. The van der Waals surface area contributed by atoms with Crippen molar-refractivity contribution in [2.75, 3.05) is 5.32 Å². The zero-order chi connectivity index (χ0) is 17.6. The van der Waals surface area contributed by atoms with E-state index in [1.165, 1.54) is 6.26 Å². The van der Waals surface area contributed by atoms with E-state index >= 15 is 0 Å². The van der Waals surface area contributed by atoms with Crippen molar-refractivity contribution >= 4 is 17.5 Å². The molecule has 3 rings (SSSR count). The minimum absolute atomic E-state index is 0.170.